The quantitative estimate of drug-likeness (QED) is 0.768. The molecule has 0 amide bonds. The number of hydrogen-bond acceptors (Lipinski definition) is 3. The molecule has 1 aliphatic heterocycles. The van der Waals surface area contributed by atoms with Crippen LogP contribution in [0.25, 0.3) is 0 Å². The summed E-state index contributed by atoms with van der Waals surface area (Å²) in [5.41, 5.74) is 0.361. The summed E-state index contributed by atoms with van der Waals surface area (Å²) < 4.78 is 27.2. The van der Waals surface area contributed by atoms with Crippen LogP contribution < -0.4 is 10.0 Å². The summed E-state index contributed by atoms with van der Waals surface area (Å²) >= 11 is 0. The van der Waals surface area contributed by atoms with Crippen molar-refractivity contribution in [3.63, 3.8) is 0 Å². The lowest BCUT2D eigenvalue weighted by molar-refractivity contribution is 0.425. The molecule has 0 aromatic carbocycles. The van der Waals surface area contributed by atoms with Crippen molar-refractivity contribution in [3.8, 4) is 0 Å². The second kappa shape index (κ2) is 4.21. The molecule has 2 saturated carbocycles. The maximum absolute atomic E-state index is 12.2. The zero-order chi connectivity index (χ0) is 11.9. The lowest BCUT2D eigenvalue weighted by Crippen LogP contribution is -2.43. The highest BCUT2D eigenvalue weighted by molar-refractivity contribution is 7.90. The Morgan fingerprint density at radius 1 is 1.12 bits per heavy atom. The van der Waals surface area contributed by atoms with Crippen LogP contribution in [-0.4, -0.2) is 33.3 Å². The van der Waals surface area contributed by atoms with Gasteiger partial charge in [0.05, 0.1) is 5.25 Å². The fourth-order valence-corrected chi connectivity index (χ4v) is 4.63. The molecule has 0 radical (unpaired) electrons. The van der Waals surface area contributed by atoms with Gasteiger partial charge in [0.2, 0.25) is 10.0 Å². The van der Waals surface area contributed by atoms with Crippen molar-refractivity contribution in [1.82, 2.24) is 10.0 Å². The first kappa shape index (κ1) is 11.9. The number of hydrogen-bond donors (Lipinski definition) is 2. The van der Waals surface area contributed by atoms with E-state index in [1.165, 1.54) is 25.7 Å². The van der Waals surface area contributed by atoms with Crippen molar-refractivity contribution < 1.29 is 8.42 Å². The monoisotopic (exact) mass is 258 g/mol. The maximum Gasteiger partial charge on any atom is 0.214 e. The first-order valence-electron chi connectivity index (χ1n) is 6.82. The van der Waals surface area contributed by atoms with Gasteiger partial charge in [0.15, 0.2) is 0 Å². The third-order valence-electron chi connectivity index (χ3n) is 4.69. The van der Waals surface area contributed by atoms with Gasteiger partial charge in [-0.25, -0.2) is 13.1 Å². The van der Waals surface area contributed by atoms with E-state index < -0.39 is 10.0 Å². The van der Waals surface area contributed by atoms with E-state index in [1.54, 1.807) is 0 Å². The molecule has 1 heterocycles. The van der Waals surface area contributed by atoms with Crippen molar-refractivity contribution in [2.24, 2.45) is 11.3 Å². The molecule has 3 rings (SSSR count). The zero-order valence-corrected chi connectivity index (χ0v) is 11.1. The number of rotatable bonds is 5. The average molecular weight is 258 g/mol. The Bertz CT molecular complexity index is 379. The van der Waals surface area contributed by atoms with Crippen LogP contribution in [-0.2, 0) is 10.0 Å². The van der Waals surface area contributed by atoms with Gasteiger partial charge in [0.25, 0.3) is 0 Å². The Morgan fingerprint density at radius 3 is 2.29 bits per heavy atom. The molecular formula is C12H22N2O2S. The Morgan fingerprint density at radius 2 is 1.76 bits per heavy atom. The third kappa shape index (κ3) is 2.51. The van der Waals surface area contributed by atoms with Crippen LogP contribution in [0.5, 0.6) is 0 Å². The van der Waals surface area contributed by atoms with Crippen LogP contribution in [0.1, 0.15) is 38.5 Å². The van der Waals surface area contributed by atoms with Gasteiger partial charge in [0.1, 0.15) is 0 Å². The fourth-order valence-electron chi connectivity index (χ4n) is 3.05. The molecule has 2 N–H and O–H groups in total. The van der Waals surface area contributed by atoms with Crippen LogP contribution >= 0.6 is 0 Å². The molecule has 0 bridgehead atoms. The Balaban J connectivity index is 1.56. The van der Waals surface area contributed by atoms with E-state index in [0.29, 0.717) is 12.0 Å². The fraction of sp³-hybridized carbons (Fsp3) is 1.00. The van der Waals surface area contributed by atoms with Crippen LogP contribution in [0.2, 0.25) is 0 Å². The first-order chi connectivity index (χ1) is 8.12. The topological polar surface area (TPSA) is 58.2 Å². The third-order valence-corrected chi connectivity index (χ3v) is 6.58. The molecule has 98 valence electrons. The van der Waals surface area contributed by atoms with E-state index in [4.69, 9.17) is 0 Å². The molecule has 0 atom stereocenters. The van der Waals surface area contributed by atoms with Crippen molar-refractivity contribution in [3.05, 3.63) is 0 Å². The van der Waals surface area contributed by atoms with E-state index in [0.717, 1.165) is 31.8 Å². The van der Waals surface area contributed by atoms with Crippen LogP contribution in [0, 0.1) is 11.3 Å². The SMILES string of the molecule is O=S(=O)(NCC1(C2CC2)CC1)C1CCNCC1. The van der Waals surface area contributed by atoms with Crippen molar-refractivity contribution >= 4 is 10.0 Å². The van der Waals surface area contributed by atoms with Gasteiger partial charge >= 0.3 is 0 Å². The summed E-state index contributed by atoms with van der Waals surface area (Å²) in [4.78, 5) is 0. The smallest absolute Gasteiger partial charge is 0.214 e. The highest BCUT2D eigenvalue weighted by Crippen LogP contribution is 2.60. The van der Waals surface area contributed by atoms with Gasteiger partial charge in [-0.2, -0.15) is 0 Å². The van der Waals surface area contributed by atoms with Crippen molar-refractivity contribution in [1.29, 1.82) is 0 Å². The highest BCUT2D eigenvalue weighted by atomic mass is 32.2. The Kier molecular flexibility index (Phi) is 2.96. The van der Waals surface area contributed by atoms with Crippen molar-refractivity contribution in [2.75, 3.05) is 19.6 Å². The molecular weight excluding hydrogens is 236 g/mol. The van der Waals surface area contributed by atoms with Gasteiger partial charge in [-0.1, -0.05) is 0 Å². The molecule has 3 aliphatic rings. The normalized spacial score (nSPS) is 29.2. The zero-order valence-electron chi connectivity index (χ0n) is 10.2. The number of piperidine rings is 1. The Labute approximate surface area is 104 Å². The second-order valence-corrected chi connectivity index (χ2v) is 8.00. The standard InChI is InChI=1S/C12H22N2O2S/c15-17(16,11-3-7-13-8-4-11)14-9-12(5-6-12)10-1-2-10/h10-11,13-14H,1-9H2. The minimum absolute atomic E-state index is 0.168. The van der Waals surface area contributed by atoms with Crippen LogP contribution in [0.4, 0.5) is 0 Å². The van der Waals surface area contributed by atoms with Gasteiger partial charge < -0.3 is 5.32 Å². The number of sulfonamides is 1. The van der Waals surface area contributed by atoms with E-state index in [9.17, 15) is 8.42 Å². The van der Waals surface area contributed by atoms with Crippen molar-refractivity contribution in [2.45, 2.75) is 43.8 Å². The van der Waals surface area contributed by atoms with E-state index in [2.05, 4.69) is 10.0 Å². The predicted molar refractivity (Wildman–Crippen MR) is 67.2 cm³/mol. The summed E-state index contributed by atoms with van der Waals surface area (Å²) in [6.45, 7) is 2.36. The summed E-state index contributed by atoms with van der Waals surface area (Å²) in [6, 6.07) is 0. The van der Waals surface area contributed by atoms with Gasteiger partial charge in [0, 0.05) is 6.54 Å². The lowest BCUT2D eigenvalue weighted by atomic mass is 10.0. The molecule has 0 aromatic heterocycles. The molecule has 3 fully saturated rings. The summed E-state index contributed by atoms with van der Waals surface area (Å²) in [5.74, 6) is 0.818. The molecule has 17 heavy (non-hydrogen) atoms. The molecule has 1 saturated heterocycles. The van der Waals surface area contributed by atoms with Crippen LogP contribution in [0.3, 0.4) is 0 Å². The van der Waals surface area contributed by atoms with E-state index in [1.807, 2.05) is 0 Å². The van der Waals surface area contributed by atoms with Gasteiger partial charge in [-0.3, -0.25) is 0 Å². The minimum Gasteiger partial charge on any atom is -0.317 e. The maximum atomic E-state index is 12.2. The summed E-state index contributed by atoms with van der Waals surface area (Å²) in [7, 11) is -3.07. The second-order valence-electron chi connectivity index (χ2n) is 5.95. The van der Waals surface area contributed by atoms with E-state index >= 15 is 0 Å². The number of nitrogens with one attached hydrogen (secondary N) is 2. The molecule has 2 aliphatic carbocycles. The predicted octanol–water partition coefficient (Wildman–Crippen LogP) is 0.848. The molecule has 0 unspecified atom stereocenters. The lowest BCUT2D eigenvalue weighted by Gasteiger charge is -2.24. The largest absolute Gasteiger partial charge is 0.317 e. The molecule has 0 spiro atoms. The Hall–Kier alpha value is -0.130. The first-order valence-corrected chi connectivity index (χ1v) is 8.36. The highest BCUT2D eigenvalue weighted by Gasteiger charge is 2.53. The molecule has 5 heteroatoms. The molecule has 0 aromatic rings. The summed E-state index contributed by atoms with van der Waals surface area (Å²) in [6.07, 6.45) is 6.60. The molecule has 4 nitrogen and oxygen atoms in total. The minimum atomic E-state index is -3.07. The average Bonchev–Trinajstić information content (AvgIpc) is 3.19. The van der Waals surface area contributed by atoms with Gasteiger partial charge in [-0.05, 0) is 62.9 Å². The van der Waals surface area contributed by atoms with E-state index in [-0.39, 0.29) is 5.25 Å². The van der Waals surface area contributed by atoms with Gasteiger partial charge in [-0.15, -0.1) is 0 Å². The van der Waals surface area contributed by atoms with Crippen LogP contribution in [0.15, 0.2) is 0 Å². The summed E-state index contributed by atoms with van der Waals surface area (Å²) in [5, 5.41) is 3.04.